The minimum atomic E-state index is -1.63. The Morgan fingerprint density at radius 1 is 1.38 bits per heavy atom. The summed E-state index contributed by atoms with van der Waals surface area (Å²) in [5.41, 5.74) is -1.23. The largest absolute Gasteiger partial charge is 0.480 e. The number of carbonyl (C=O) groups is 2. The van der Waals surface area contributed by atoms with Gasteiger partial charge in [0.15, 0.2) is 4.84 Å². The molecule has 0 spiro atoms. The van der Waals surface area contributed by atoms with Crippen LogP contribution in [-0.4, -0.2) is 32.3 Å². The standard InChI is InChI=1S/C12H12Cl2N2O5/c1-12(11(18)19,15-10(17)9(13)14)6-7-2-4-8(5-3-7)16(20)21/h2-5,9H,6H2,1H3,(H,15,17)(H,18,19). The fourth-order valence-electron chi connectivity index (χ4n) is 1.64. The number of benzene rings is 1. The number of halogens is 2. The van der Waals surface area contributed by atoms with E-state index in [0.29, 0.717) is 5.56 Å². The number of rotatable bonds is 6. The molecule has 0 bridgehead atoms. The minimum absolute atomic E-state index is 0.0768. The summed E-state index contributed by atoms with van der Waals surface area (Å²) < 4.78 is 0. The highest BCUT2D eigenvalue weighted by atomic mass is 35.5. The number of nitro groups is 1. The molecule has 0 heterocycles. The topological polar surface area (TPSA) is 110 Å². The van der Waals surface area contributed by atoms with Gasteiger partial charge >= 0.3 is 5.97 Å². The fraction of sp³-hybridized carbons (Fsp3) is 0.333. The van der Waals surface area contributed by atoms with Crippen molar-refractivity contribution in [3.63, 3.8) is 0 Å². The van der Waals surface area contributed by atoms with Crippen LogP contribution in [0.1, 0.15) is 12.5 Å². The Morgan fingerprint density at radius 2 is 1.90 bits per heavy atom. The third kappa shape index (κ3) is 4.57. The van der Waals surface area contributed by atoms with Gasteiger partial charge in [-0.05, 0) is 12.5 Å². The normalized spacial score (nSPS) is 13.5. The lowest BCUT2D eigenvalue weighted by atomic mass is 9.92. The van der Waals surface area contributed by atoms with E-state index in [2.05, 4.69) is 5.32 Å². The van der Waals surface area contributed by atoms with E-state index in [9.17, 15) is 24.8 Å². The van der Waals surface area contributed by atoms with Crippen LogP contribution in [0.2, 0.25) is 0 Å². The zero-order valence-corrected chi connectivity index (χ0v) is 12.4. The molecule has 0 aliphatic rings. The zero-order valence-electron chi connectivity index (χ0n) is 10.9. The molecule has 1 rings (SSSR count). The van der Waals surface area contributed by atoms with E-state index in [1.165, 1.54) is 31.2 Å². The molecule has 0 aromatic heterocycles. The molecule has 1 unspecified atom stereocenters. The van der Waals surface area contributed by atoms with Gasteiger partial charge in [0.2, 0.25) is 0 Å². The number of nitrogens with zero attached hydrogens (tertiary/aromatic N) is 1. The molecule has 1 amide bonds. The van der Waals surface area contributed by atoms with Gasteiger partial charge in [-0.2, -0.15) is 0 Å². The molecule has 1 atom stereocenters. The van der Waals surface area contributed by atoms with Crippen LogP contribution in [-0.2, 0) is 16.0 Å². The summed E-state index contributed by atoms with van der Waals surface area (Å²) >= 11 is 10.8. The second kappa shape index (κ2) is 6.73. The summed E-state index contributed by atoms with van der Waals surface area (Å²) in [5.74, 6) is -2.10. The quantitative estimate of drug-likeness (QED) is 0.469. The number of hydrogen-bond donors (Lipinski definition) is 2. The Morgan fingerprint density at radius 3 is 2.29 bits per heavy atom. The molecule has 0 aliphatic carbocycles. The first-order valence-corrected chi connectivity index (χ1v) is 6.60. The Kier molecular flexibility index (Phi) is 5.51. The highest BCUT2D eigenvalue weighted by Crippen LogP contribution is 2.18. The molecule has 2 N–H and O–H groups in total. The highest BCUT2D eigenvalue weighted by Gasteiger charge is 2.36. The maximum Gasteiger partial charge on any atom is 0.329 e. The van der Waals surface area contributed by atoms with E-state index in [1.54, 1.807) is 0 Å². The first-order valence-electron chi connectivity index (χ1n) is 5.72. The molecule has 0 aliphatic heterocycles. The van der Waals surface area contributed by atoms with Gasteiger partial charge in [-0.15, -0.1) is 0 Å². The van der Waals surface area contributed by atoms with Crippen molar-refractivity contribution < 1.29 is 19.6 Å². The smallest absolute Gasteiger partial charge is 0.329 e. The van der Waals surface area contributed by atoms with Crippen LogP contribution in [0.25, 0.3) is 0 Å². The first kappa shape index (κ1) is 17.2. The molecule has 7 nitrogen and oxygen atoms in total. The van der Waals surface area contributed by atoms with E-state index in [0.717, 1.165) is 0 Å². The van der Waals surface area contributed by atoms with E-state index in [4.69, 9.17) is 23.2 Å². The van der Waals surface area contributed by atoms with Gasteiger partial charge in [0, 0.05) is 18.6 Å². The van der Waals surface area contributed by atoms with Crippen molar-refractivity contribution in [2.24, 2.45) is 0 Å². The van der Waals surface area contributed by atoms with Crippen molar-refractivity contribution >= 4 is 40.8 Å². The number of amides is 1. The molecular formula is C12H12Cl2N2O5. The molecule has 1 aromatic carbocycles. The molecule has 9 heteroatoms. The Bertz CT molecular complexity index is 561. The number of nitrogens with one attached hydrogen (secondary N) is 1. The van der Waals surface area contributed by atoms with Crippen LogP contribution in [0.15, 0.2) is 24.3 Å². The first-order chi connectivity index (χ1) is 9.65. The lowest BCUT2D eigenvalue weighted by Gasteiger charge is -2.26. The highest BCUT2D eigenvalue weighted by molar-refractivity contribution is 6.53. The lowest BCUT2D eigenvalue weighted by molar-refractivity contribution is -0.384. The minimum Gasteiger partial charge on any atom is -0.480 e. The third-order valence-electron chi connectivity index (χ3n) is 2.77. The Balaban J connectivity index is 2.94. The van der Waals surface area contributed by atoms with Crippen molar-refractivity contribution in [3.8, 4) is 0 Å². The summed E-state index contributed by atoms with van der Waals surface area (Å²) in [5, 5.41) is 22.1. The number of nitro benzene ring substituents is 1. The molecular weight excluding hydrogens is 323 g/mol. The summed E-state index contributed by atoms with van der Waals surface area (Å²) in [6.07, 6.45) is -0.0768. The fourth-order valence-corrected chi connectivity index (χ4v) is 1.75. The van der Waals surface area contributed by atoms with Gasteiger partial charge in [-0.25, -0.2) is 4.79 Å². The Hall–Kier alpha value is -1.86. The predicted octanol–water partition coefficient (Wildman–Crippen LogP) is 1.90. The number of carboxylic acid groups (broad SMARTS) is 1. The lowest BCUT2D eigenvalue weighted by Crippen LogP contribution is -2.55. The van der Waals surface area contributed by atoms with E-state index < -0.39 is 27.2 Å². The number of non-ortho nitro benzene ring substituents is 1. The van der Waals surface area contributed by atoms with E-state index in [-0.39, 0.29) is 12.1 Å². The number of carboxylic acids is 1. The second-order valence-electron chi connectivity index (χ2n) is 4.53. The van der Waals surface area contributed by atoms with Gasteiger partial charge in [0.1, 0.15) is 5.54 Å². The van der Waals surface area contributed by atoms with Gasteiger partial charge in [-0.1, -0.05) is 35.3 Å². The predicted molar refractivity (Wildman–Crippen MR) is 76.5 cm³/mol. The van der Waals surface area contributed by atoms with E-state index >= 15 is 0 Å². The van der Waals surface area contributed by atoms with Gasteiger partial charge in [0.25, 0.3) is 11.6 Å². The molecule has 0 radical (unpaired) electrons. The average molecular weight is 335 g/mol. The molecule has 21 heavy (non-hydrogen) atoms. The number of carbonyl (C=O) groups excluding carboxylic acids is 1. The van der Waals surface area contributed by atoms with Crippen LogP contribution >= 0.6 is 23.2 Å². The molecule has 0 saturated heterocycles. The van der Waals surface area contributed by atoms with Crippen molar-refractivity contribution in [2.75, 3.05) is 0 Å². The third-order valence-corrected chi connectivity index (χ3v) is 3.17. The zero-order chi connectivity index (χ0) is 16.2. The molecule has 114 valence electrons. The molecule has 0 saturated carbocycles. The van der Waals surface area contributed by atoms with Crippen molar-refractivity contribution in [1.82, 2.24) is 5.32 Å². The number of alkyl halides is 2. The summed E-state index contributed by atoms with van der Waals surface area (Å²) in [7, 11) is 0. The maximum absolute atomic E-state index is 11.5. The van der Waals surface area contributed by atoms with Crippen LogP contribution in [0.5, 0.6) is 0 Å². The van der Waals surface area contributed by atoms with Crippen molar-refractivity contribution in [1.29, 1.82) is 0 Å². The summed E-state index contributed by atoms with van der Waals surface area (Å²) in [6.45, 7) is 1.30. The Labute approximate surface area is 130 Å². The average Bonchev–Trinajstić information content (AvgIpc) is 2.38. The SMILES string of the molecule is CC(Cc1ccc([N+](=O)[O-])cc1)(NC(=O)C(Cl)Cl)C(=O)O. The van der Waals surface area contributed by atoms with Crippen LogP contribution in [0.3, 0.4) is 0 Å². The van der Waals surface area contributed by atoms with Crippen LogP contribution < -0.4 is 5.32 Å². The molecule has 0 fully saturated rings. The van der Waals surface area contributed by atoms with Crippen molar-refractivity contribution in [3.05, 3.63) is 39.9 Å². The number of hydrogen-bond acceptors (Lipinski definition) is 4. The molecule has 1 aromatic rings. The van der Waals surface area contributed by atoms with Crippen LogP contribution in [0, 0.1) is 10.1 Å². The summed E-state index contributed by atoms with van der Waals surface area (Å²) in [4.78, 5) is 31.4. The van der Waals surface area contributed by atoms with Crippen molar-refractivity contribution in [2.45, 2.75) is 23.7 Å². The maximum atomic E-state index is 11.5. The number of aliphatic carboxylic acids is 1. The summed E-state index contributed by atoms with van der Waals surface area (Å²) in [6, 6.07) is 5.35. The monoisotopic (exact) mass is 334 g/mol. The van der Waals surface area contributed by atoms with Gasteiger partial charge < -0.3 is 10.4 Å². The van der Waals surface area contributed by atoms with E-state index in [1.807, 2.05) is 0 Å². The van der Waals surface area contributed by atoms with Gasteiger partial charge in [0.05, 0.1) is 4.92 Å². The second-order valence-corrected chi connectivity index (χ2v) is 5.62. The van der Waals surface area contributed by atoms with Gasteiger partial charge in [-0.3, -0.25) is 14.9 Å². The van der Waals surface area contributed by atoms with Crippen LogP contribution in [0.4, 0.5) is 5.69 Å².